The Bertz CT molecular complexity index is 3690. The number of carbonyl (C=O) groups excluding carboxylic acids is 7. The first-order chi connectivity index (χ1) is 42.6. The molecule has 0 radical (unpaired) electrons. The van der Waals surface area contributed by atoms with Gasteiger partial charge in [0.05, 0.1) is 16.4 Å². The van der Waals surface area contributed by atoms with Crippen LogP contribution in [0.2, 0.25) is 0 Å². The molecular formula is C61H74N2O29S2-6. The lowest BCUT2D eigenvalue weighted by molar-refractivity contribution is -0.303. The van der Waals surface area contributed by atoms with Crippen LogP contribution in [0.15, 0.2) is 119 Å². The van der Waals surface area contributed by atoms with E-state index in [0.29, 0.717) is 10.8 Å². The van der Waals surface area contributed by atoms with Crippen molar-refractivity contribution >= 4 is 156 Å². The molecule has 8 aromatic carbocycles. The first-order valence-corrected chi connectivity index (χ1v) is 28.7. The van der Waals surface area contributed by atoms with E-state index in [2.05, 4.69) is 21.6 Å². The monoisotopic (exact) mass is 1360 g/mol. The van der Waals surface area contributed by atoms with Crippen molar-refractivity contribution in [3.8, 4) is 0 Å². The summed E-state index contributed by atoms with van der Waals surface area (Å²) >= 11 is 0. The molecular weight excluding hydrogens is 1290 g/mol. The molecule has 94 heavy (non-hydrogen) atoms. The molecule has 0 unspecified atom stereocenters. The van der Waals surface area contributed by atoms with E-state index in [1.165, 1.54) is 6.92 Å². The molecule has 8 rings (SSSR count). The summed E-state index contributed by atoms with van der Waals surface area (Å²) in [4.78, 5) is 110. The average molecular weight is 1360 g/mol. The Morgan fingerprint density at radius 3 is 0.787 bits per heavy atom. The van der Waals surface area contributed by atoms with Crippen LogP contribution in [0.1, 0.15) is 90.5 Å². The number of nitrogens with one attached hydrogen (secondary N) is 2. The number of ether oxygens (including phenoxy) is 1. The number of carboxylic acid groups (broad SMARTS) is 11. The molecule has 0 aliphatic carbocycles. The fraction of sp³-hybridized carbons (Fsp3) is 0.279. The van der Waals surface area contributed by atoms with Gasteiger partial charge in [-0.05, 0) is 108 Å². The molecule has 0 saturated carbocycles. The molecule has 0 heterocycles. The summed E-state index contributed by atoms with van der Waals surface area (Å²) < 4.78 is 60.8. The van der Waals surface area contributed by atoms with Crippen LogP contribution in [0.3, 0.4) is 0 Å². The van der Waals surface area contributed by atoms with Gasteiger partial charge < -0.3 is 94.8 Å². The fourth-order valence-electron chi connectivity index (χ4n) is 6.61. The summed E-state index contributed by atoms with van der Waals surface area (Å²) in [6.45, 7) is 12.3. The third-order valence-electron chi connectivity index (χ3n) is 8.62. The van der Waals surface area contributed by atoms with Crippen LogP contribution < -0.4 is 40.1 Å². The summed E-state index contributed by atoms with van der Waals surface area (Å²) in [7, 11) is -7.43. The number of carbonyl (C=O) groups is 12. The Kier molecular flexibility index (Phi) is 50.2. The Morgan fingerprint density at radius 1 is 0.362 bits per heavy atom. The highest BCUT2D eigenvalue weighted by atomic mass is 32.2. The summed E-state index contributed by atoms with van der Waals surface area (Å²) in [6, 6.07) is 34.7. The van der Waals surface area contributed by atoms with Gasteiger partial charge in [0.2, 0.25) is 20.0 Å². The van der Waals surface area contributed by atoms with Gasteiger partial charge in [0.1, 0.15) is 6.61 Å². The zero-order chi connectivity index (χ0) is 73.7. The number of hydrogen-bond donors (Lipinski definition) is 8. The van der Waals surface area contributed by atoms with Gasteiger partial charge in [-0.2, -0.15) is 0 Å². The second-order valence-electron chi connectivity index (χ2n) is 17.3. The molecule has 33 heteroatoms. The zero-order valence-corrected chi connectivity index (χ0v) is 53.7. The number of aliphatic carboxylic acids is 11. The Hall–Kier alpha value is -10.7. The van der Waals surface area contributed by atoms with E-state index < -0.39 is 91.7 Å². The van der Waals surface area contributed by atoms with Gasteiger partial charge in [-0.1, -0.05) is 104 Å². The van der Waals surface area contributed by atoms with Gasteiger partial charge in [-0.15, -0.1) is 0 Å². The van der Waals surface area contributed by atoms with Gasteiger partial charge in [-0.25, -0.2) is 26.3 Å². The average Bonchev–Trinajstić information content (AvgIpc) is 0.743. The van der Waals surface area contributed by atoms with E-state index in [9.17, 15) is 21.6 Å². The molecule has 0 aliphatic rings. The van der Waals surface area contributed by atoms with E-state index >= 15 is 0 Å². The molecule has 0 bridgehead atoms. The van der Waals surface area contributed by atoms with Crippen LogP contribution >= 0.6 is 0 Å². The number of aliphatic hydroxyl groups is 1. The van der Waals surface area contributed by atoms with E-state index in [0.717, 1.165) is 130 Å². The minimum atomic E-state index is -3.75. The lowest BCUT2D eigenvalue weighted by Gasteiger charge is -2.15. The molecule has 0 aromatic heterocycles. The molecule has 0 spiro atoms. The maximum absolute atomic E-state index is 12.9. The zero-order valence-electron chi connectivity index (χ0n) is 52.1. The minimum Gasteiger partial charge on any atom is -0.550 e. The summed E-state index contributed by atoms with van der Waals surface area (Å²) in [6.07, 6.45) is 0. The third-order valence-corrected chi connectivity index (χ3v) is 11.6. The topological polar surface area (TPSA) is 566 Å². The van der Waals surface area contributed by atoms with Gasteiger partial charge in [0, 0.05) is 101 Å². The lowest BCUT2D eigenvalue weighted by Crippen LogP contribution is -2.28. The maximum atomic E-state index is 12.9. The second-order valence-corrected chi connectivity index (χ2v) is 20.7. The SMILES string of the molecule is C.CC(=O)O.CC(=O)O.CC(=O)O.CC(=O)O.CC(=O)O.CC(=O)OCCNS(=O)(=O)c1cc2cccc3ccc4cccc1c4c32.CC(=O)[O-].CC(=O)[O-].CC(=O)[O-].CC(=O)[O-].CC(=O)[O-].CC(=O)[O-].O=S(=O)(NCCO)c1cc2cccc3ccc4cccc1c4c32. The van der Waals surface area contributed by atoms with Crippen molar-refractivity contribution in [1.82, 2.24) is 9.44 Å². The van der Waals surface area contributed by atoms with Crippen LogP contribution in [-0.4, -0.2) is 145 Å². The highest BCUT2D eigenvalue weighted by Crippen LogP contribution is 2.39. The van der Waals surface area contributed by atoms with E-state index in [1.807, 2.05) is 84.9 Å². The summed E-state index contributed by atoms with van der Waals surface area (Å²) in [5, 5.41) is 111. The predicted octanol–water partition coefficient (Wildman–Crippen LogP) is -0.0922. The van der Waals surface area contributed by atoms with Crippen molar-refractivity contribution in [2.45, 2.75) is 100 Å². The van der Waals surface area contributed by atoms with Crippen molar-refractivity contribution in [3.63, 3.8) is 0 Å². The van der Waals surface area contributed by atoms with Crippen LogP contribution in [-0.2, 0) is 82.3 Å². The van der Waals surface area contributed by atoms with Crippen LogP contribution in [0.5, 0.6) is 0 Å². The first kappa shape index (κ1) is 94.4. The number of hydrogen-bond acceptors (Lipinski definition) is 24. The van der Waals surface area contributed by atoms with Crippen LogP contribution in [0, 0.1) is 0 Å². The number of benzene rings is 8. The number of rotatable bonds is 9. The molecule has 0 aliphatic heterocycles. The second kappa shape index (κ2) is 50.0. The largest absolute Gasteiger partial charge is 0.550 e. The van der Waals surface area contributed by atoms with Gasteiger partial charge in [0.15, 0.2) is 0 Å². The third kappa shape index (κ3) is 48.2. The Morgan fingerprint density at radius 2 is 0.564 bits per heavy atom. The fourth-order valence-corrected chi connectivity index (χ4v) is 9.11. The highest BCUT2D eigenvalue weighted by molar-refractivity contribution is 7.90. The van der Waals surface area contributed by atoms with Crippen LogP contribution in [0.25, 0.3) is 64.6 Å². The van der Waals surface area contributed by atoms with Crippen molar-refractivity contribution in [3.05, 3.63) is 109 Å². The Balaban J connectivity index is -0.000000255. The van der Waals surface area contributed by atoms with E-state index in [-0.39, 0.29) is 43.5 Å². The van der Waals surface area contributed by atoms with Crippen LogP contribution in [0.4, 0.5) is 0 Å². The molecule has 0 atom stereocenters. The van der Waals surface area contributed by atoms with Crippen molar-refractivity contribution in [1.29, 1.82) is 0 Å². The van der Waals surface area contributed by atoms with Gasteiger partial charge in [0.25, 0.3) is 29.8 Å². The molecule has 520 valence electrons. The van der Waals surface area contributed by atoms with Crippen molar-refractivity contribution in [2.24, 2.45) is 0 Å². The maximum Gasteiger partial charge on any atom is 0.302 e. The predicted molar refractivity (Wildman–Crippen MR) is 332 cm³/mol. The minimum absolute atomic E-state index is 0. The van der Waals surface area contributed by atoms with Gasteiger partial charge >= 0.3 is 5.97 Å². The van der Waals surface area contributed by atoms with Gasteiger partial charge in [-0.3, -0.25) is 28.8 Å². The molecule has 0 fully saturated rings. The number of aliphatic hydroxyl groups excluding tert-OH is 1. The van der Waals surface area contributed by atoms with E-state index in [4.69, 9.17) is 119 Å². The first-order valence-electron chi connectivity index (χ1n) is 25.7. The number of sulfonamides is 2. The molecule has 8 aromatic rings. The molecule has 31 nitrogen and oxygen atoms in total. The van der Waals surface area contributed by atoms with Crippen molar-refractivity contribution in [2.75, 3.05) is 26.3 Å². The highest BCUT2D eigenvalue weighted by Gasteiger charge is 2.22. The normalized spacial score (nSPS) is 9.37. The standard InChI is InChI=1S/C20H17NO4S.C18H15NO3S.11C2H4O2.CH4/c1-13(22)25-11-10-21-26(23,24)18-12-16-6-2-4-14-8-9-15-5-3-7-17(18)20(15)19(14)16;20-10-9-19-23(21,22)16-11-14-5-1-3-12-7-8-13-4-2-6-15(16)18(13)17(12)14;11*1-2(3)4;/h2-9,12,21H,10-11H2,1H3;1-8,11,19-20H,9-10H2;11*1H3,(H,3,4);1H4/p-6. The molecule has 8 N–H and O–H groups in total. The smallest absolute Gasteiger partial charge is 0.302 e. The quantitative estimate of drug-likeness (QED) is 0.0532. The number of carboxylic acids is 11. The number of esters is 1. The summed E-state index contributed by atoms with van der Waals surface area (Å²) in [5.41, 5.74) is 0. The molecule has 0 saturated heterocycles. The lowest BCUT2D eigenvalue weighted by atomic mass is 9.94. The summed E-state index contributed by atoms with van der Waals surface area (Å²) in [5.74, 6) is -11.1. The Labute approximate surface area is 539 Å². The molecule has 0 amide bonds. The van der Waals surface area contributed by atoms with Crippen molar-refractivity contribution < 1.29 is 140 Å². The van der Waals surface area contributed by atoms with E-state index in [1.54, 1.807) is 12.1 Å².